The van der Waals surface area contributed by atoms with Crippen molar-refractivity contribution in [2.24, 2.45) is 0 Å². The molecule has 0 atom stereocenters. The van der Waals surface area contributed by atoms with E-state index in [2.05, 4.69) is 27.1 Å². The lowest BCUT2D eigenvalue weighted by molar-refractivity contribution is 0.0712. The Hall–Kier alpha value is -2.69. The van der Waals surface area contributed by atoms with E-state index < -0.39 is 0 Å². The molecule has 1 amide bonds. The molecule has 116 valence electrons. The van der Waals surface area contributed by atoms with Gasteiger partial charge in [0, 0.05) is 48.7 Å². The molecule has 1 N–H and O–H groups in total. The van der Waals surface area contributed by atoms with Crippen molar-refractivity contribution in [2.45, 2.75) is 18.8 Å². The Morgan fingerprint density at radius 2 is 2.00 bits per heavy atom. The van der Waals surface area contributed by atoms with E-state index in [1.807, 2.05) is 17.0 Å². The molecule has 23 heavy (non-hydrogen) atoms. The van der Waals surface area contributed by atoms with Crippen molar-refractivity contribution in [1.29, 1.82) is 0 Å². The summed E-state index contributed by atoms with van der Waals surface area (Å²) in [6.07, 6.45) is 7.07. The Labute approximate surface area is 134 Å². The molecule has 3 aromatic rings. The Morgan fingerprint density at radius 1 is 1.17 bits per heavy atom. The highest BCUT2D eigenvalue weighted by Crippen LogP contribution is 2.29. The van der Waals surface area contributed by atoms with Crippen molar-refractivity contribution in [3.63, 3.8) is 0 Å². The molecule has 0 unspecified atom stereocenters. The average Bonchev–Trinajstić information content (AvgIpc) is 3.06. The summed E-state index contributed by atoms with van der Waals surface area (Å²) >= 11 is 0. The SMILES string of the molecule is O=C(c1cccnc1)N1CCC(c2cc3cccnc3[nH]2)CC1. The van der Waals surface area contributed by atoms with Crippen molar-refractivity contribution in [2.75, 3.05) is 13.1 Å². The van der Waals surface area contributed by atoms with E-state index in [4.69, 9.17) is 0 Å². The maximum atomic E-state index is 12.5. The molecule has 1 aliphatic heterocycles. The maximum Gasteiger partial charge on any atom is 0.255 e. The molecule has 0 radical (unpaired) electrons. The first-order valence-electron chi connectivity index (χ1n) is 7.94. The van der Waals surface area contributed by atoms with Gasteiger partial charge < -0.3 is 9.88 Å². The van der Waals surface area contributed by atoms with Crippen LogP contribution in [0, 0.1) is 0 Å². The van der Waals surface area contributed by atoms with Crippen molar-refractivity contribution in [3.05, 3.63) is 60.2 Å². The number of H-pyrrole nitrogens is 1. The predicted octanol–water partition coefficient (Wildman–Crippen LogP) is 2.98. The molecule has 0 saturated carbocycles. The molecular formula is C18H18N4O. The smallest absolute Gasteiger partial charge is 0.255 e. The summed E-state index contributed by atoms with van der Waals surface area (Å²) in [5, 5.41) is 1.15. The van der Waals surface area contributed by atoms with Gasteiger partial charge in [-0.2, -0.15) is 0 Å². The number of fused-ring (bicyclic) bond motifs is 1. The average molecular weight is 306 g/mol. The fourth-order valence-electron chi connectivity index (χ4n) is 3.26. The summed E-state index contributed by atoms with van der Waals surface area (Å²) in [7, 11) is 0. The van der Waals surface area contributed by atoms with E-state index in [0.717, 1.165) is 37.0 Å². The van der Waals surface area contributed by atoms with Crippen molar-refractivity contribution >= 4 is 16.9 Å². The number of hydrogen-bond acceptors (Lipinski definition) is 3. The predicted molar refractivity (Wildman–Crippen MR) is 88.2 cm³/mol. The number of piperidine rings is 1. The molecule has 3 aromatic heterocycles. The van der Waals surface area contributed by atoms with Crippen molar-refractivity contribution in [1.82, 2.24) is 19.9 Å². The number of hydrogen-bond donors (Lipinski definition) is 1. The second kappa shape index (κ2) is 5.83. The molecular weight excluding hydrogens is 288 g/mol. The highest BCUT2D eigenvalue weighted by atomic mass is 16.2. The van der Waals surface area contributed by atoms with Gasteiger partial charge in [-0.15, -0.1) is 0 Å². The van der Waals surface area contributed by atoms with Gasteiger partial charge in [0.15, 0.2) is 0 Å². The van der Waals surface area contributed by atoms with E-state index >= 15 is 0 Å². The van der Waals surface area contributed by atoms with Crippen LogP contribution in [0.5, 0.6) is 0 Å². The monoisotopic (exact) mass is 306 g/mol. The Morgan fingerprint density at radius 3 is 2.74 bits per heavy atom. The topological polar surface area (TPSA) is 61.9 Å². The molecule has 0 aromatic carbocycles. The third-order valence-electron chi connectivity index (χ3n) is 4.54. The minimum Gasteiger partial charge on any atom is -0.343 e. The zero-order valence-electron chi connectivity index (χ0n) is 12.8. The number of aromatic nitrogens is 3. The first kappa shape index (κ1) is 13.9. The first-order chi connectivity index (χ1) is 11.3. The van der Waals surface area contributed by atoms with Crippen LogP contribution in [-0.2, 0) is 0 Å². The van der Waals surface area contributed by atoms with Gasteiger partial charge in [-0.25, -0.2) is 4.98 Å². The molecule has 1 saturated heterocycles. The quantitative estimate of drug-likeness (QED) is 0.791. The molecule has 0 aliphatic carbocycles. The van der Waals surface area contributed by atoms with Gasteiger partial charge >= 0.3 is 0 Å². The summed E-state index contributed by atoms with van der Waals surface area (Å²) in [5.74, 6) is 0.539. The number of nitrogens with zero attached hydrogens (tertiary/aromatic N) is 3. The van der Waals surface area contributed by atoms with E-state index in [-0.39, 0.29) is 5.91 Å². The number of likely N-dealkylation sites (tertiary alicyclic amines) is 1. The lowest BCUT2D eigenvalue weighted by atomic mass is 9.93. The number of amides is 1. The van der Waals surface area contributed by atoms with Gasteiger partial charge in [-0.1, -0.05) is 0 Å². The van der Waals surface area contributed by atoms with Crippen molar-refractivity contribution in [3.8, 4) is 0 Å². The first-order valence-corrected chi connectivity index (χ1v) is 7.94. The minimum atomic E-state index is 0.0786. The van der Waals surface area contributed by atoms with Crippen LogP contribution >= 0.6 is 0 Å². The summed E-state index contributed by atoms with van der Waals surface area (Å²) in [6, 6.07) is 9.84. The molecule has 1 fully saturated rings. The van der Waals surface area contributed by atoms with Crippen LogP contribution in [0.25, 0.3) is 11.0 Å². The van der Waals surface area contributed by atoms with Crippen molar-refractivity contribution < 1.29 is 4.79 Å². The Balaban J connectivity index is 1.45. The van der Waals surface area contributed by atoms with E-state index in [1.165, 1.54) is 5.69 Å². The maximum absolute atomic E-state index is 12.5. The molecule has 5 nitrogen and oxygen atoms in total. The minimum absolute atomic E-state index is 0.0786. The number of aromatic amines is 1. The lowest BCUT2D eigenvalue weighted by Gasteiger charge is -2.31. The molecule has 4 heterocycles. The number of carbonyl (C=O) groups excluding carboxylic acids is 1. The molecule has 0 bridgehead atoms. The van der Waals surface area contributed by atoms with Crippen LogP contribution in [0.1, 0.15) is 34.8 Å². The largest absolute Gasteiger partial charge is 0.343 e. The summed E-state index contributed by atoms with van der Waals surface area (Å²) < 4.78 is 0. The zero-order valence-corrected chi connectivity index (χ0v) is 12.8. The molecule has 5 heteroatoms. The number of rotatable bonds is 2. The highest BCUT2D eigenvalue weighted by molar-refractivity contribution is 5.93. The van der Waals surface area contributed by atoms with Crippen LogP contribution < -0.4 is 0 Å². The third-order valence-corrected chi connectivity index (χ3v) is 4.54. The standard InChI is InChI=1S/C18H18N4O/c23-18(15-4-1-7-19-12-15)22-9-5-13(6-10-22)16-11-14-3-2-8-20-17(14)21-16/h1-4,7-8,11-13H,5-6,9-10H2,(H,20,21). The normalized spacial score (nSPS) is 15.9. The van der Waals surface area contributed by atoms with Crippen LogP contribution in [0.2, 0.25) is 0 Å². The Bertz CT molecular complexity index is 786. The van der Waals surface area contributed by atoms with Crippen LogP contribution in [0.15, 0.2) is 48.9 Å². The molecule has 0 spiro atoms. The summed E-state index contributed by atoms with van der Waals surface area (Å²) in [6.45, 7) is 1.56. The van der Waals surface area contributed by atoms with E-state index in [1.54, 1.807) is 24.7 Å². The lowest BCUT2D eigenvalue weighted by Crippen LogP contribution is -2.38. The van der Waals surface area contributed by atoms with Gasteiger partial charge in [0.2, 0.25) is 0 Å². The van der Waals surface area contributed by atoms with Crippen LogP contribution in [0.3, 0.4) is 0 Å². The fourth-order valence-corrected chi connectivity index (χ4v) is 3.26. The Kier molecular flexibility index (Phi) is 3.54. The van der Waals surface area contributed by atoms with Gasteiger partial charge in [0.25, 0.3) is 5.91 Å². The number of carbonyl (C=O) groups is 1. The highest BCUT2D eigenvalue weighted by Gasteiger charge is 2.25. The number of nitrogens with one attached hydrogen (secondary N) is 1. The van der Waals surface area contributed by atoms with Gasteiger partial charge in [-0.05, 0) is 43.2 Å². The third kappa shape index (κ3) is 2.70. The number of pyridine rings is 2. The van der Waals surface area contributed by atoms with Gasteiger partial charge in [-0.3, -0.25) is 9.78 Å². The second-order valence-electron chi connectivity index (χ2n) is 5.97. The summed E-state index contributed by atoms with van der Waals surface area (Å²) in [4.78, 5) is 26.2. The van der Waals surface area contributed by atoms with Gasteiger partial charge in [0.05, 0.1) is 5.56 Å². The van der Waals surface area contributed by atoms with Gasteiger partial charge in [0.1, 0.15) is 5.65 Å². The van der Waals surface area contributed by atoms with E-state index in [0.29, 0.717) is 11.5 Å². The molecule has 1 aliphatic rings. The van der Waals surface area contributed by atoms with Crippen LogP contribution in [-0.4, -0.2) is 38.8 Å². The van der Waals surface area contributed by atoms with E-state index in [9.17, 15) is 4.79 Å². The molecule has 4 rings (SSSR count). The summed E-state index contributed by atoms with van der Waals surface area (Å²) in [5.41, 5.74) is 2.84. The zero-order chi connectivity index (χ0) is 15.6. The second-order valence-corrected chi connectivity index (χ2v) is 5.97. The fraction of sp³-hybridized carbons (Fsp3) is 0.278. The van der Waals surface area contributed by atoms with Crippen LogP contribution in [0.4, 0.5) is 0 Å².